The summed E-state index contributed by atoms with van der Waals surface area (Å²) < 4.78 is 147. The zero-order valence-corrected chi connectivity index (χ0v) is 29.8. The zero-order valence-electron chi connectivity index (χ0n) is 29.8. The molecule has 0 unspecified atom stereocenters. The first-order valence-corrected chi connectivity index (χ1v) is 16.5. The third-order valence-electron chi connectivity index (χ3n) is 8.23. The topological polar surface area (TPSA) is 38.8 Å². The highest BCUT2D eigenvalue weighted by Crippen LogP contribution is 2.40. The minimum absolute atomic E-state index is 0.0332. The van der Waals surface area contributed by atoms with E-state index in [4.69, 9.17) is 4.74 Å². The summed E-state index contributed by atoms with van der Waals surface area (Å²) in [6.45, 7) is 10.9. The van der Waals surface area contributed by atoms with E-state index in [1.807, 2.05) is 6.92 Å². The number of ether oxygens (including phenoxy) is 2. The largest absolute Gasteiger partial charge is 0.490 e. The Hall–Kier alpha value is -4.51. The molecule has 0 aliphatic heterocycles. The van der Waals surface area contributed by atoms with E-state index >= 15 is 0 Å². The molecule has 0 spiro atoms. The molecule has 0 bridgehead atoms. The van der Waals surface area contributed by atoms with Gasteiger partial charge in [0.15, 0.2) is 11.6 Å². The van der Waals surface area contributed by atoms with Crippen LogP contribution in [-0.4, -0.2) is 37.6 Å². The molecule has 0 aliphatic rings. The molecule has 0 radical (unpaired) electrons. The van der Waals surface area contributed by atoms with Gasteiger partial charge < -0.3 is 19.2 Å². The maximum Gasteiger partial charge on any atom is 0.416 e. The molecule has 0 N–H and O–H groups in total. The van der Waals surface area contributed by atoms with Gasteiger partial charge in [-0.3, -0.25) is 0 Å². The number of carbonyl (C=O) groups excluding carboxylic acids is 1. The summed E-state index contributed by atoms with van der Waals surface area (Å²) in [5.74, 6) is 3.91. The first kappa shape index (κ1) is 44.7. The Kier molecular flexibility index (Phi) is 16.5. The lowest BCUT2D eigenvalue weighted by Crippen LogP contribution is -2.33. The molecule has 0 saturated heterocycles. The van der Waals surface area contributed by atoms with Gasteiger partial charge in [-0.2, -0.15) is 39.5 Å². The predicted molar refractivity (Wildman–Crippen MR) is 182 cm³/mol. The van der Waals surface area contributed by atoms with Crippen LogP contribution in [0.1, 0.15) is 90.5 Å². The minimum Gasteiger partial charge on any atom is -0.490 e. The van der Waals surface area contributed by atoms with Crippen LogP contribution in [0, 0.1) is 24.6 Å². The number of unbranched alkanes of at least 4 members (excludes halogenated alkanes) is 1. The highest BCUT2D eigenvalue weighted by Gasteiger charge is 2.38. The number of benzene rings is 3. The standard InChI is InChI=1S/C36H33F10NO2.C3H8O/c1-5-31(26-16-29(35(41,42)43)20-30(17-26)36(44,45)46)23(4)47(6-2)21-27-18-28(34(38,39)40)12-11-24(27)9-10-25-19-33(32(37)15-22(25)3)49-14-8-7-13-48;1-3-4-2/h6,11-13,15-20,23,31H,2,5,7-8,14,21H2,1,3-4H3;3H2,1-2H3/t23-,31-;/m0./s1. The third kappa shape index (κ3) is 13.1. The fraction of sp³-hybridized carbons (Fsp3) is 0.410. The number of halogens is 10. The second kappa shape index (κ2) is 19.5. The van der Waals surface area contributed by atoms with Crippen LogP contribution >= 0.6 is 0 Å². The van der Waals surface area contributed by atoms with Gasteiger partial charge in [-0.25, -0.2) is 4.39 Å². The van der Waals surface area contributed by atoms with E-state index < -0.39 is 53.0 Å². The van der Waals surface area contributed by atoms with Gasteiger partial charge in [-0.1, -0.05) is 25.3 Å². The highest BCUT2D eigenvalue weighted by atomic mass is 19.4. The minimum atomic E-state index is -5.06. The first-order chi connectivity index (χ1) is 24.7. The van der Waals surface area contributed by atoms with E-state index in [-0.39, 0.29) is 54.5 Å². The van der Waals surface area contributed by atoms with Crippen molar-refractivity contribution in [1.82, 2.24) is 4.90 Å². The summed E-state index contributed by atoms with van der Waals surface area (Å²) in [4.78, 5) is 12.0. The van der Waals surface area contributed by atoms with Crippen molar-refractivity contribution in [2.75, 3.05) is 20.3 Å². The van der Waals surface area contributed by atoms with Crippen LogP contribution < -0.4 is 4.74 Å². The SMILES string of the molecule is C=CN(Cc1cc(C(F)(F)F)ccc1C#Cc1cc(OCCCC=O)c(F)cc1C)[C@@H](C)[C@H](CC)c1cc(C(F)(F)F)cc(C(F)(F)F)c1.CCOC. The number of aldehydes is 1. The van der Waals surface area contributed by atoms with Crippen molar-refractivity contribution in [2.45, 2.75) is 84.0 Å². The van der Waals surface area contributed by atoms with E-state index in [0.29, 0.717) is 36.0 Å². The van der Waals surface area contributed by atoms with Gasteiger partial charge in [0.05, 0.1) is 23.3 Å². The van der Waals surface area contributed by atoms with Crippen LogP contribution in [0.2, 0.25) is 0 Å². The number of nitrogens with zero attached hydrogens (tertiary/aromatic N) is 1. The summed E-state index contributed by atoms with van der Waals surface area (Å²) in [7, 11) is 1.68. The zero-order chi connectivity index (χ0) is 40.1. The molecule has 3 rings (SSSR count). The number of carbonyl (C=O) groups is 1. The van der Waals surface area contributed by atoms with E-state index in [9.17, 15) is 48.7 Å². The summed E-state index contributed by atoms with van der Waals surface area (Å²) in [6.07, 6.45) is -12.3. The summed E-state index contributed by atoms with van der Waals surface area (Å²) in [5, 5.41) is 0. The maximum absolute atomic E-state index is 14.5. The predicted octanol–water partition coefficient (Wildman–Crippen LogP) is 11.1. The maximum atomic E-state index is 14.5. The molecule has 14 heteroatoms. The molecule has 290 valence electrons. The van der Waals surface area contributed by atoms with Crippen LogP contribution in [0.3, 0.4) is 0 Å². The average molecular weight is 762 g/mol. The second-order valence-corrected chi connectivity index (χ2v) is 11.9. The number of alkyl halides is 9. The molecule has 4 nitrogen and oxygen atoms in total. The van der Waals surface area contributed by atoms with Crippen molar-refractivity contribution in [1.29, 1.82) is 0 Å². The Bertz CT molecular complexity index is 1700. The lowest BCUT2D eigenvalue weighted by Gasteiger charge is -2.35. The smallest absolute Gasteiger partial charge is 0.416 e. The van der Waals surface area contributed by atoms with Crippen molar-refractivity contribution in [2.24, 2.45) is 0 Å². The van der Waals surface area contributed by atoms with Crippen LogP contribution in [-0.2, 0) is 34.6 Å². The van der Waals surface area contributed by atoms with Gasteiger partial charge in [0, 0.05) is 49.8 Å². The fourth-order valence-electron chi connectivity index (χ4n) is 5.26. The number of rotatable bonds is 13. The molecule has 3 aromatic rings. The number of aryl methyl sites for hydroxylation is 1. The molecular weight excluding hydrogens is 720 g/mol. The van der Waals surface area contributed by atoms with Crippen molar-refractivity contribution >= 4 is 6.29 Å². The van der Waals surface area contributed by atoms with Gasteiger partial charge in [0.2, 0.25) is 0 Å². The number of hydrogen-bond donors (Lipinski definition) is 0. The quantitative estimate of drug-likeness (QED) is 0.0753. The molecule has 53 heavy (non-hydrogen) atoms. The van der Waals surface area contributed by atoms with Gasteiger partial charge in [-0.15, -0.1) is 0 Å². The molecular formula is C39H41F10NO3. The van der Waals surface area contributed by atoms with E-state index in [1.54, 1.807) is 21.0 Å². The normalized spacial score (nSPS) is 12.8. The lowest BCUT2D eigenvalue weighted by atomic mass is 9.86. The Morgan fingerprint density at radius 1 is 0.849 bits per heavy atom. The highest BCUT2D eigenvalue weighted by molar-refractivity contribution is 5.52. The molecule has 0 aliphatic carbocycles. The Labute approximate surface area is 302 Å². The van der Waals surface area contributed by atoms with Gasteiger partial charge in [-0.05, 0) is 105 Å². The van der Waals surface area contributed by atoms with Gasteiger partial charge in [0.1, 0.15) is 6.29 Å². The number of methoxy groups -OCH3 is 1. The third-order valence-corrected chi connectivity index (χ3v) is 8.23. The molecule has 0 aromatic heterocycles. The van der Waals surface area contributed by atoms with Crippen LogP contribution in [0.15, 0.2) is 61.3 Å². The Morgan fingerprint density at radius 3 is 1.91 bits per heavy atom. The van der Waals surface area contributed by atoms with Gasteiger partial charge in [0.25, 0.3) is 0 Å². The first-order valence-electron chi connectivity index (χ1n) is 16.5. The molecule has 2 atom stereocenters. The summed E-state index contributed by atoms with van der Waals surface area (Å²) in [5.41, 5.74) is -3.31. The molecule has 0 heterocycles. The van der Waals surface area contributed by atoms with Crippen molar-refractivity contribution in [3.63, 3.8) is 0 Å². The van der Waals surface area contributed by atoms with Crippen LogP contribution in [0.5, 0.6) is 5.75 Å². The fourth-order valence-corrected chi connectivity index (χ4v) is 5.26. The van der Waals surface area contributed by atoms with Crippen molar-refractivity contribution in [3.05, 3.63) is 112 Å². The lowest BCUT2D eigenvalue weighted by molar-refractivity contribution is -0.143. The average Bonchev–Trinajstić information content (AvgIpc) is 3.08. The molecule has 0 amide bonds. The Balaban J connectivity index is 0.00000231. The van der Waals surface area contributed by atoms with Crippen LogP contribution in [0.25, 0.3) is 0 Å². The van der Waals surface area contributed by atoms with Crippen LogP contribution in [0.4, 0.5) is 43.9 Å². The molecule has 3 aromatic carbocycles. The second-order valence-electron chi connectivity index (χ2n) is 11.9. The molecule has 0 fully saturated rings. The van der Waals surface area contributed by atoms with E-state index in [0.717, 1.165) is 24.8 Å². The Morgan fingerprint density at radius 2 is 1.42 bits per heavy atom. The van der Waals surface area contributed by atoms with E-state index in [2.05, 4.69) is 23.2 Å². The number of hydrogen-bond acceptors (Lipinski definition) is 4. The summed E-state index contributed by atoms with van der Waals surface area (Å²) >= 11 is 0. The van der Waals surface area contributed by atoms with Gasteiger partial charge >= 0.3 is 18.5 Å². The summed E-state index contributed by atoms with van der Waals surface area (Å²) in [6, 6.07) is 5.83. The van der Waals surface area contributed by atoms with Crippen molar-refractivity contribution in [3.8, 4) is 17.6 Å². The molecule has 0 saturated carbocycles. The van der Waals surface area contributed by atoms with E-state index in [1.165, 1.54) is 30.2 Å². The van der Waals surface area contributed by atoms with Crippen molar-refractivity contribution < 1.29 is 58.2 Å². The monoisotopic (exact) mass is 761 g/mol.